The molecule has 0 spiro atoms. The molecule has 1 saturated carbocycles. The minimum atomic E-state index is -0.0633. The molecule has 0 bridgehead atoms. The van der Waals surface area contributed by atoms with E-state index in [2.05, 4.69) is 4.98 Å². The maximum absolute atomic E-state index is 12.8. The fourth-order valence-corrected chi connectivity index (χ4v) is 2.50. The van der Waals surface area contributed by atoms with E-state index in [9.17, 15) is 4.79 Å². The van der Waals surface area contributed by atoms with Crippen LogP contribution in [0.15, 0.2) is 42.7 Å². The predicted molar refractivity (Wildman–Crippen MR) is 83.0 cm³/mol. The maximum Gasteiger partial charge on any atom is 0.255 e. The van der Waals surface area contributed by atoms with Crippen LogP contribution in [0.25, 0.3) is 0 Å². The SMILES string of the molecule is Nc1ccc(Cl)c(C(=O)N(Cc2ccncc2)C2CC2)c1. The van der Waals surface area contributed by atoms with Crippen molar-refractivity contribution in [1.29, 1.82) is 0 Å². The molecule has 1 aliphatic rings. The summed E-state index contributed by atoms with van der Waals surface area (Å²) in [6.45, 7) is 0.567. The minimum Gasteiger partial charge on any atom is -0.399 e. The lowest BCUT2D eigenvalue weighted by molar-refractivity contribution is 0.0730. The summed E-state index contributed by atoms with van der Waals surface area (Å²) in [6.07, 6.45) is 5.55. The lowest BCUT2D eigenvalue weighted by Crippen LogP contribution is -2.32. The van der Waals surface area contributed by atoms with E-state index >= 15 is 0 Å². The van der Waals surface area contributed by atoms with Crippen molar-refractivity contribution < 1.29 is 4.79 Å². The van der Waals surface area contributed by atoms with Gasteiger partial charge in [-0.2, -0.15) is 0 Å². The van der Waals surface area contributed by atoms with Gasteiger partial charge in [-0.3, -0.25) is 9.78 Å². The number of halogens is 1. The number of amides is 1. The maximum atomic E-state index is 12.8. The third-order valence-corrected chi connectivity index (χ3v) is 3.90. The highest BCUT2D eigenvalue weighted by molar-refractivity contribution is 6.34. The van der Waals surface area contributed by atoms with Gasteiger partial charge in [0.15, 0.2) is 0 Å². The van der Waals surface area contributed by atoms with Gasteiger partial charge in [0.2, 0.25) is 0 Å². The molecule has 2 N–H and O–H groups in total. The third kappa shape index (κ3) is 3.16. The van der Waals surface area contributed by atoms with Crippen molar-refractivity contribution in [1.82, 2.24) is 9.88 Å². The predicted octanol–water partition coefficient (Wildman–Crippen LogP) is 3.12. The third-order valence-electron chi connectivity index (χ3n) is 3.57. The van der Waals surface area contributed by atoms with Crippen molar-refractivity contribution in [3.63, 3.8) is 0 Å². The molecule has 1 fully saturated rings. The van der Waals surface area contributed by atoms with E-state index in [1.54, 1.807) is 30.6 Å². The summed E-state index contributed by atoms with van der Waals surface area (Å²) in [4.78, 5) is 18.6. The standard InChI is InChI=1S/C16H16ClN3O/c17-15-4-1-12(18)9-14(15)16(21)20(13-2-3-13)10-11-5-7-19-8-6-11/h1,4-9,13H,2-3,10,18H2. The van der Waals surface area contributed by atoms with Gasteiger partial charge in [-0.15, -0.1) is 0 Å². The van der Waals surface area contributed by atoms with Crippen LogP contribution in [0.4, 0.5) is 5.69 Å². The lowest BCUT2D eigenvalue weighted by atomic mass is 10.1. The highest BCUT2D eigenvalue weighted by Gasteiger charge is 2.33. The van der Waals surface area contributed by atoms with E-state index in [0.717, 1.165) is 18.4 Å². The highest BCUT2D eigenvalue weighted by Crippen LogP contribution is 2.31. The van der Waals surface area contributed by atoms with Crippen molar-refractivity contribution >= 4 is 23.2 Å². The van der Waals surface area contributed by atoms with E-state index in [1.807, 2.05) is 17.0 Å². The van der Waals surface area contributed by atoms with Crippen molar-refractivity contribution in [2.45, 2.75) is 25.4 Å². The molecule has 0 radical (unpaired) electrons. The summed E-state index contributed by atoms with van der Waals surface area (Å²) in [6, 6.07) is 9.15. The van der Waals surface area contributed by atoms with Gasteiger partial charge in [-0.05, 0) is 48.7 Å². The van der Waals surface area contributed by atoms with Crippen molar-refractivity contribution in [2.75, 3.05) is 5.73 Å². The highest BCUT2D eigenvalue weighted by atomic mass is 35.5. The van der Waals surface area contributed by atoms with Crippen LogP contribution >= 0.6 is 11.6 Å². The Labute approximate surface area is 128 Å². The molecule has 1 aliphatic carbocycles. The van der Waals surface area contributed by atoms with Crippen LogP contribution in [0.1, 0.15) is 28.8 Å². The molecule has 108 valence electrons. The Bertz CT molecular complexity index is 656. The second-order valence-corrected chi connectivity index (χ2v) is 5.67. The number of aromatic nitrogens is 1. The zero-order valence-corrected chi connectivity index (χ0v) is 12.3. The number of nitrogen functional groups attached to an aromatic ring is 1. The van der Waals surface area contributed by atoms with Gasteiger partial charge >= 0.3 is 0 Å². The topological polar surface area (TPSA) is 59.2 Å². The van der Waals surface area contributed by atoms with E-state index in [-0.39, 0.29) is 5.91 Å². The number of hydrogen-bond acceptors (Lipinski definition) is 3. The number of nitrogens with two attached hydrogens (primary N) is 1. The van der Waals surface area contributed by atoms with Gasteiger partial charge in [-0.1, -0.05) is 11.6 Å². The first-order valence-corrected chi connectivity index (χ1v) is 7.28. The summed E-state index contributed by atoms with van der Waals surface area (Å²) in [5.74, 6) is -0.0633. The van der Waals surface area contributed by atoms with E-state index < -0.39 is 0 Å². The summed E-state index contributed by atoms with van der Waals surface area (Å²) in [5, 5.41) is 0.439. The smallest absolute Gasteiger partial charge is 0.255 e. The zero-order chi connectivity index (χ0) is 14.8. The Morgan fingerprint density at radius 1 is 1.29 bits per heavy atom. The fraction of sp³-hybridized carbons (Fsp3) is 0.250. The number of hydrogen-bond donors (Lipinski definition) is 1. The molecule has 2 aromatic rings. The molecule has 5 heteroatoms. The molecule has 1 aromatic carbocycles. The Balaban J connectivity index is 1.87. The summed E-state index contributed by atoms with van der Waals surface area (Å²) < 4.78 is 0. The van der Waals surface area contributed by atoms with Gasteiger partial charge in [-0.25, -0.2) is 0 Å². The van der Waals surface area contributed by atoms with Crippen molar-refractivity contribution in [3.8, 4) is 0 Å². The molecule has 3 rings (SSSR count). The van der Waals surface area contributed by atoms with Crippen LogP contribution < -0.4 is 5.73 Å². The number of rotatable bonds is 4. The molecule has 0 saturated heterocycles. The number of carbonyl (C=O) groups excluding carboxylic acids is 1. The Kier molecular flexibility index (Phi) is 3.80. The molecule has 1 aromatic heterocycles. The van der Waals surface area contributed by atoms with E-state index in [4.69, 9.17) is 17.3 Å². The summed E-state index contributed by atoms with van der Waals surface area (Å²) in [5.41, 5.74) is 7.85. The number of pyridine rings is 1. The molecule has 0 aliphatic heterocycles. The van der Waals surface area contributed by atoms with E-state index in [0.29, 0.717) is 28.9 Å². The zero-order valence-electron chi connectivity index (χ0n) is 11.5. The van der Waals surface area contributed by atoms with Crippen molar-refractivity contribution in [2.24, 2.45) is 0 Å². The second-order valence-electron chi connectivity index (χ2n) is 5.26. The molecular formula is C16H16ClN3O. The lowest BCUT2D eigenvalue weighted by Gasteiger charge is -2.23. The Hall–Kier alpha value is -2.07. The Morgan fingerprint density at radius 2 is 2.00 bits per heavy atom. The first-order chi connectivity index (χ1) is 10.1. The second kappa shape index (κ2) is 5.74. The van der Waals surface area contributed by atoms with Crippen LogP contribution in [0, 0.1) is 0 Å². The van der Waals surface area contributed by atoms with E-state index in [1.165, 1.54) is 0 Å². The van der Waals surface area contributed by atoms with Crippen LogP contribution in [0.3, 0.4) is 0 Å². The normalized spacial score (nSPS) is 14.0. The minimum absolute atomic E-state index is 0.0633. The average Bonchev–Trinajstić information content (AvgIpc) is 3.32. The molecule has 1 amide bonds. The van der Waals surface area contributed by atoms with Crippen LogP contribution in [0.5, 0.6) is 0 Å². The molecule has 1 heterocycles. The van der Waals surface area contributed by atoms with Gasteiger partial charge < -0.3 is 10.6 Å². The fourth-order valence-electron chi connectivity index (χ4n) is 2.30. The first kappa shape index (κ1) is 13.9. The van der Waals surface area contributed by atoms with Crippen LogP contribution in [-0.2, 0) is 6.54 Å². The average molecular weight is 302 g/mol. The quantitative estimate of drug-likeness (QED) is 0.883. The summed E-state index contributed by atoms with van der Waals surface area (Å²) in [7, 11) is 0. The number of nitrogens with zero attached hydrogens (tertiary/aromatic N) is 2. The van der Waals surface area contributed by atoms with Crippen LogP contribution in [0.2, 0.25) is 5.02 Å². The molecule has 4 nitrogen and oxygen atoms in total. The van der Waals surface area contributed by atoms with Gasteiger partial charge in [0.25, 0.3) is 5.91 Å². The molecule has 0 unspecified atom stereocenters. The largest absolute Gasteiger partial charge is 0.399 e. The van der Waals surface area contributed by atoms with Gasteiger partial charge in [0, 0.05) is 30.7 Å². The molecular weight excluding hydrogens is 286 g/mol. The number of benzene rings is 1. The number of carbonyl (C=O) groups is 1. The summed E-state index contributed by atoms with van der Waals surface area (Å²) >= 11 is 6.15. The number of anilines is 1. The Morgan fingerprint density at radius 3 is 2.67 bits per heavy atom. The van der Waals surface area contributed by atoms with Gasteiger partial charge in [0.05, 0.1) is 10.6 Å². The molecule has 21 heavy (non-hydrogen) atoms. The monoisotopic (exact) mass is 301 g/mol. The molecule has 0 atom stereocenters. The van der Waals surface area contributed by atoms with Gasteiger partial charge in [0.1, 0.15) is 0 Å². The van der Waals surface area contributed by atoms with Crippen molar-refractivity contribution in [3.05, 3.63) is 58.9 Å². The van der Waals surface area contributed by atoms with Crippen LogP contribution in [-0.4, -0.2) is 21.8 Å². The first-order valence-electron chi connectivity index (χ1n) is 6.90.